The summed E-state index contributed by atoms with van der Waals surface area (Å²) in [5.41, 5.74) is 11.2. The third-order valence-electron chi connectivity index (χ3n) is 6.19. The number of H-pyrrole nitrogens is 1. The van der Waals surface area contributed by atoms with E-state index < -0.39 is 0 Å². The lowest BCUT2D eigenvalue weighted by Gasteiger charge is -2.13. The summed E-state index contributed by atoms with van der Waals surface area (Å²) in [7, 11) is 3.38. The Morgan fingerprint density at radius 2 is 2.00 bits per heavy atom. The van der Waals surface area contributed by atoms with Crippen molar-refractivity contribution in [3.05, 3.63) is 54.6 Å². The van der Waals surface area contributed by atoms with Gasteiger partial charge in [-0.05, 0) is 37.1 Å². The molecule has 0 saturated heterocycles. The van der Waals surface area contributed by atoms with Crippen LogP contribution in [0.5, 0.6) is 0 Å². The first kappa shape index (κ1) is 22.3. The fourth-order valence-electron chi connectivity index (χ4n) is 4.12. The molecule has 4 aromatic heterocycles. The van der Waals surface area contributed by atoms with E-state index in [1.807, 2.05) is 18.3 Å². The van der Waals surface area contributed by atoms with Crippen molar-refractivity contribution < 1.29 is 4.79 Å². The number of aromatic amines is 1. The SMILES string of the molecule is CCC(C)n1cc(-c2cccc3[nH]ncc23)c2c(N)nc(Nc3ccc(C(=O)N(C)C)nc3)nc21. The van der Waals surface area contributed by atoms with Gasteiger partial charge in [0.1, 0.15) is 17.2 Å². The molecule has 1 unspecified atom stereocenters. The van der Waals surface area contributed by atoms with Gasteiger partial charge in [0.2, 0.25) is 5.95 Å². The molecule has 0 aliphatic rings. The van der Waals surface area contributed by atoms with E-state index in [9.17, 15) is 4.79 Å². The molecule has 0 bridgehead atoms. The maximum absolute atomic E-state index is 12.1. The van der Waals surface area contributed by atoms with Gasteiger partial charge in [-0.15, -0.1) is 0 Å². The number of hydrogen-bond donors (Lipinski definition) is 3. The van der Waals surface area contributed by atoms with Gasteiger partial charge in [-0.1, -0.05) is 19.1 Å². The molecule has 4 heterocycles. The molecule has 10 nitrogen and oxygen atoms in total. The number of amides is 1. The minimum absolute atomic E-state index is 0.162. The molecule has 1 amide bonds. The Hall–Kier alpha value is -4.47. The van der Waals surface area contributed by atoms with Crippen molar-refractivity contribution in [2.75, 3.05) is 25.1 Å². The topological polar surface area (TPSA) is 131 Å². The first-order chi connectivity index (χ1) is 16.9. The van der Waals surface area contributed by atoms with E-state index in [2.05, 4.69) is 56.2 Å². The third kappa shape index (κ3) is 3.92. The third-order valence-corrected chi connectivity index (χ3v) is 6.19. The Morgan fingerprint density at radius 1 is 1.17 bits per heavy atom. The summed E-state index contributed by atoms with van der Waals surface area (Å²) in [5.74, 6) is 0.576. The molecule has 5 rings (SSSR count). The summed E-state index contributed by atoms with van der Waals surface area (Å²) in [4.78, 5) is 27.2. The number of hydrogen-bond acceptors (Lipinski definition) is 7. The maximum atomic E-state index is 12.1. The lowest BCUT2D eigenvalue weighted by atomic mass is 10.0. The molecule has 10 heteroatoms. The van der Waals surface area contributed by atoms with E-state index in [-0.39, 0.29) is 11.9 Å². The Labute approximate surface area is 202 Å². The predicted molar refractivity (Wildman–Crippen MR) is 138 cm³/mol. The number of anilines is 3. The smallest absolute Gasteiger partial charge is 0.271 e. The second kappa shape index (κ2) is 8.71. The van der Waals surface area contributed by atoms with Gasteiger partial charge in [-0.25, -0.2) is 4.98 Å². The molecular formula is C25H27N9O. The van der Waals surface area contributed by atoms with Gasteiger partial charge in [-0.2, -0.15) is 15.1 Å². The van der Waals surface area contributed by atoms with Gasteiger partial charge in [0, 0.05) is 37.3 Å². The first-order valence-corrected chi connectivity index (χ1v) is 11.4. The number of rotatable bonds is 6. The maximum Gasteiger partial charge on any atom is 0.271 e. The summed E-state index contributed by atoms with van der Waals surface area (Å²) >= 11 is 0. The molecule has 0 radical (unpaired) electrons. The molecule has 0 saturated carbocycles. The minimum atomic E-state index is -0.162. The molecule has 4 N–H and O–H groups in total. The van der Waals surface area contributed by atoms with E-state index in [1.54, 1.807) is 32.4 Å². The molecule has 0 fully saturated rings. The molecule has 1 aromatic carbocycles. The van der Waals surface area contributed by atoms with Crippen LogP contribution in [0.25, 0.3) is 33.1 Å². The van der Waals surface area contributed by atoms with Gasteiger partial charge >= 0.3 is 0 Å². The largest absolute Gasteiger partial charge is 0.383 e. The summed E-state index contributed by atoms with van der Waals surface area (Å²) in [6.45, 7) is 4.29. The molecule has 0 aliphatic heterocycles. The monoisotopic (exact) mass is 469 g/mol. The number of fused-ring (bicyclic) bond motifs is 2. The zero-order chi connectivity index (χ0) is 24.7. The van der Waals surface area contributed by atoms with Crippen LogP contribution in [-0.4, -0.2) is 54.6 Å². The van der Waals surface area contributed by atoms with Crippen LogP contribution >= 0.6 is 0 Å². The number of nitrogens with two attached hydrogens (primary N) is 1. The molecule has 0 aliphatic carbocycles. The van der Waals surface area contributed by atoms with Crippen molar-refractivity contribution in [1.29, 1.82) is 0 Å². The second-order valence-electron chi connectivity index (χ2n) is 8.73. The number of carbonyl (C=O) groups is 1. The van der Waals surface area contributed by atoms with Crippen LogP contribution in [0.4, 0.5) is 17.5 Å². The van der Waals surface area contributed by atoms with Crippen LogP contribution in [0, 0.1) is 0 Å². The van der Waals surface area contributed by atoms with Crippen molar-refractivity contribution in [3.63, 3.8) is 0 Å². The Morgan fingerprint density at radius 3 is 2.71 bits per heavy atom. The highest BCUT2D eigenvalue weighted by atomic mass is 16.2. The normalized spacial score (nSPS) is 12.2. The van der Waals surface area contributed by atoms with Crippen LogP contribution in [0.2, 0.25) is 0 Å². The summed E-state index contributed by atoms with van der Waals surface area (Å²) in [5, 5.41) is 12.2. The lowest BCUT2D eigenvalue weighted by Crippen LogP contribution is -2.22. The van der Waals surface area contributed by atoms with Crippen LogP contribution in [0.3, 0.4) is 0 Å². The Bertz CT molecular complexity index is 1530. The fourth-order valence-corrected chi connectivity index (χ4v) is 4.12. The summed E-state index contributed by atoms with van der Waals surface area (Å²) in [6.07, 6.45) is 6.43. The van der Waals surface area contributed by atoms with E-state index >= 15 is 0 Å². The highest BCUT2D eigenvalue weighted by Crippen LogP contribution is 2.38. The van der Waals surface area contributed by atoms with Gasteiger partial charge in [-0.3, -0.25) is 9.89 Å². The van der Waals surface area contributed by atoms with E-state index in [4.69, 9.17) is 10.7 Å². The highest BCUT2D eigenvalue weighted by molar-refractivity contribution is 6.07. The molecular weight excluding hydrogens is 442 g/mol. The average Bonchev–Trinajstić information content (AvgIpc) is 3.48. The number of carbonyl (C=O) groups excluding carboxylic acids is 1. The zero-order valence-electron chi connectivity index (χ0n) is 20.1. The quantitative estimate of drug-likeness (QED) is 0.337. The first-order valence-electron chi connectivity index (χ1n) is 11.4. The van der Waals surface area contributed by atoms with Gasteiger partial charge < -0.3 is 20.5 Å². The number of nitrogen functional groups attached to an aromatic ring is 1. The number of nitrogens with one attached hydrogen (secondary N) is 2. The lowest BCUT2D eigenvalue weighted by molar-refractivity contribution is 0.0822. The molecule has 0 spiro atoms. The van der Waals surface area contributed by atoms with E-state index in [1.165, 1.54) is 4.90 Å². The molecule has 1 atom stereocenters. The molecule has 178 valence electrons. The van der Waals surface area contributed by atoms with Crippen molar-refractivity contribution in [1.82, 2.24) is 34.6 Å². The number of nitrogens with zero attached hydrogens (tertiary/aromatic N) is 6. The van der Waals surface area contributed by atoms with Crippen molar-refractivity contribution in [2.45, 2.75) is 26.3 Å². The van der Waals surface area contributed by atoms with E-state index in [0.717, 1.165) is 39.5 Å². The van der Waals surface area contributed by atoms with Crippen molar-refractivity contribution in [3.8, 4) is 11.1 Å². The average molecular weight is 470 g/mol. The highest BCUT2D eigenvalue weighted by Gasteiger charge is 2.21. The van der Waals surface area contributed by atoms with Crippen molar-refractivity contribution in [2.24, 2.45) is 0 Å². The van der Waals surface area contributed by atoms with Gasteiger partial charge in [0.05, 0.1) is 29.0 Å². The second-order valence-corrected chi connectivity index (χ2v) is 8.73. The van der Waals surface area contributed by atoms with Crippen LogP contribution in [-0.2, 0) is 0 Å². The predicted octanol–water partition coefficient (Wildman–Crippen LogP) is 4.37. The minimum Gasteiger partial charge on any atom is -0.383 e. The number of aromatic nitrogens is 6. The van der Waals surface area contributed by atoms with Gasteiger partial charge in [0.15, 0.2) is 0 Å². The standard InChI is InChI=1S/C25H27N9O/c1-5-14(2)34-13-18(16-7-6-8-19-17(16)12-28-32-19)21-22(26)30-25(31-23(21)34)29-15-9-10-20(27-11-15)24(35)33(3)4/h6-14H,5H2,1-4H3,(H,28,32)(H3,26,29,30,31). The summed E-state index contributed by atoms with van der Waals surface area (Å²) in [6, 6.07) is 9.68. The van der Waals surface area contributed by atoms with Gasteiger partial charge in [0.25, 0.3) is 5.91 Å². The summed E-state index contributed by atoms with van der Waals surface area (Å²) < 4.78 is 2.14. The fraction of sp³-hybridized carbons (Fsp3) is 0.240. The van der Waals surface area contributed by atoms with E-state index in [0.29, 0.717) is 23.1 Å². The number of pyridine rings is 1. The Balaban J connectivity index is 1.60. The number of benzene rings is 1. The van der Waals surface area contributed by atoms with Crippen LogP contribution < -0.4 is 11.1 Å². The van der Waals surface area contributed by atoms with Crippen LogP contribution in [0.1, 0.15) is 36.8 Å². The Kier molecular flexibility index (Phi) is 5.56. The van der Waals surface area contributed by atoms with Crippen LogP contribution in [0.15, 0.2) is 48.9 Å². The molecule has 35 heavy (non-hydrogen) atoms. The zero-order valence-corrected chi connectivity index (χ0v) is 20.1. The molecule has 5 aromatic rings. The van der Waals surface area contributed by atoms with Crippen molar-refractivity contribution >= 4 is 45.3 Å².